The van der Waals surface area contributed by atoms with Crippen molar-refractivity contribution in [3.8, 4) is 0 Å². The minimum Gasteiger partial charge on any atom is -0.454 e. The second-order valence-electron chi connectivity index (χ2n) is 6.47. The van der Waals surface area contributed by atoms with E-state index in [2.05, 4.69) is 5.32 Å². The molecule has 0 aliphatic carbocycles. The lowest BCUT2D eigenvalue weighted by Gasteiger charge is -2.08. The van der Waals surface area contributed by atoms with Gasteiger partial charge in [0, 0.05) is 19.0 Å². The van der Waals surface area contributed by atoms with Gasteiger partial charge in [-0.05, 0) is 36.6 Å². The number of sulfonamides is 1. The summed E-state index contributed by atoms with van der Waals surface area (Å²) in [4.78, 5) is 35.0. The van der Waals surface area contributed by atoms with Crippen LogP contribution in [0.3, 0.4) is 0 Å². The quantitative estimate of drug-likeness (QED) is 0.340. The van der Waals surface area contributed by atoms with Crippen LogP contribution in [0.4, 0.5) is 0 Å². The molecule has 0 aliphatic rings. The molecule has 0 fully saturated rings. The highest BCUT2D eigenvalue weighted by Gasteiger charge is 2.18. The van der Waals surface area contributed by atoms with Crippen LogP contribution in [-0.2, 0) is 26.0 Å². The van der Waals surface area contributed by atoms with E-state index in [4.69, 9.17) is 21.5 Å². The van der Waals surface area contributed by atoms with Gasteiger partial charge in [-0.2, -0.15) is 0 Å². The molecule has 0 radical (unpaired) electrons. The molecule has 10 heteroatoms. The van der Waals surface area contributed by atoms with Gasteiger partial charge in [-0.25, -0.2) is 18.4 Å². The molecule has 8 nitrogen and oxygen atoms in total. The van der Waals surface area contributed by atoms with Gasteiger partial charge in [-0.3, -0.25) is 9.59 Å². The number of primary sulfonamides is 1. The fraction of sp³-hybridized carbons (Fsp3) is 0.250. The molecule has 160 valence electrons. The molecule has 2 aromatic rings. The van der Waals surface area contributed by atoms with Crippen molar-refractivity contribution in [3.05, 3.63) is 64.2 Å². The molecule has 0 aliphatic heterocycles. The van der Waals surface area contributed by atoms with Gasteiger partial charge in [0.2, 0.25) is 15.9 Å². The second kappa shape index (κ2) is 10.3. The molecule has 0 heterocycles. The Bertz CT molecular complexity index is 1050. The molecule has 0 saturated heterocycles. The van der Waals surface area contributed by atoms with Crippen LogP contribution in [0.2, 0.25) is 5.02 Å². The number of amides is 1. The van der Waals surface area contributed by atoms with E-state index in [9.17, 15) is 22.8 Å². The molecule has 0 atom stereocenters. The molecule has 0 spiro atoms. The van der Waals surface area contributed by atoms with Crippen LogP contribution < -0.4 is 10.5 Å². The van der Waals surface area contributed by atoms with E-state index < -0.39 is 28.4 Å². The summed E-state index contributed by atoms with van der Waals surface area (Å²) in [5.41, 5.74) is 1.16. The van der Waals surface area contributed by atoms with Gasteiger partial charge in [-0.1, -0.05) is 35.9 Å². The number of carbonyl (C=O) groups excluding carboxylic acids is 3. The first-order valence-corrected chi connectivity index (χ1v) is 10.9. The summed E-state index contributed by atoms with van der Waals surface area (Å²) >= 11 is 5.92. The van der Waals surface area contributed by atoms with Crippen molar-refractivity contribution in [1.82, 2.24) is 5.32 Å². The number of halogens is 1. The SMILES string of the molecule is CC(=O)NCCCc1ccc(C(=O)COC(=O)c2cc(S(N)(=O)=O)ccc2Cl)cc1. The maximum absolute atomic E-state index is 12.3. The second-order valence-corrected chi connectivity index (χ2v) is 8.44. The van der Waals surface area contributed by atoms with E-state index >= 15 is 0 Å². The van der Waals surface area contributed by atoms with E-state index in [1.807, 2.05) is 0 Å². The van der Waals surface area contributed by atoms with Crippen molar-refractivity contribution < 1.29 is 27.5 Å². The zero-order valence-corrected chi connectivity index (χ0v) is 17.8. The zero-order valence-electron chi connectivity index (χ0n) is 16.2. The standard InChI is InChI=1S/C20H21ClN2O6S/c1-13(24)23-10-2-3-14-4-6-15(7-5-14)19(25)12-29-20(26)17-11-16(30(22,27)28)8-9-18(17)21/h4-9,11H,2-3,10,12H2,1H3,(H,23,24)(H2,22,27,28). The van der Waals surface area contributed by atoms with Gasteiger partial charge in [0.15, 0.2) is 12.4 Å². The fourth-order valence-electron chi connectivity index (χ4n) is 2.54. The summed E-state index contributed by atoms with van der Waals surface area (Å²) in [6.45, 7) is 1.50. The van der Waals surface area contributed by atoms with E-state index in [0.717, 1.165) is 30.5 Å². The summed E-state index contributed by atoms with van der Waals surface area (Å²) < 4.78 is 27.8. The molecule has 2 rings (SSSR count). The number of nitrogens with two attached hydrogens (primary N) is 1. The highest BCUT2D eigenvalue weighted by Crippen LogP contribution is 2.21. The minimum atomic E-state index is -4.02. The third kappa shape index (κ3) is 6.94. The first-order valence-electron chi connectivity index (χ1n) is 8.94. The van der Waals surface area contributed by atoms with Crippen LogP contribution >= 0.6 is 11.6 Å². The number of nitrogens with one attached hydrogen (secondary N) is 1. The van der Waals surface area contributed by atoms with E-state index in [1.165, 1.54) is 13.0 Å². The Hall–Kier alpha value is -2.75. The summed E-state index contributed by atoms with van der Waals surface area (Å²) in [5.74, 6) is -1.44. The number of hydrogen-bond donors (Lipinski definition) is 2. The Morgan fingerprint density at radius 1 is 1.10 bits per heavy atom. The van der Waals surface area contributed by atoms with Crippen molar-refractivity contribution in [2.75, 3.05) is 13.2 Å². The van der Waals surface area contributed by atoms with Crippen molar-refractivity contribution in [3.63, 3.8) is 0 Å². The Labute approximate surface area is 179 Å². The van der Waals surface area contributed by atoms with Crippen molar-refractivity contribution in [2.45, 2.75) is 24.7 Å². The summed E-state index contributed by atoms with van der Waals surface area (Å²) in [7, 11) is -4.02. The normalized spacial score (nSPS) is 11.0. The molecule has 0 unspecified atom stereocenters. The topological polar surface area (TPSA) is 133 Å². The number of benzene rings is 2. The van der Waals surface area contributed by atoms with Crippen molar-refractivity contribution in [1.29, 1.82) is 0 Å². The number of carbonyl (C=O) groups is 3. The van der Waals surface area contributed by atoms with Crippen LogP contribution in [-0.4, -0.2) is 39.2 Å². The van der Waals surface area contributed by atoms with Gasteiger partial charge in [0.05, 0.1) is 15.5 Å². The van der Waals surface area contributed by atoms with Crippen molar-refractivity contribution in [2.24, 2.45) is 5.14 Å². The van der Waals surface area contributed by atoms with Gasteiger partial charge in [0.1, 0.15) is 0 Å². The summed E-state index contributed by atoms with van der Waals surface area (Å²) in [6, 6.07) is 10.2. The van der Waals surface area contributed by atoms with E-state index in [-0.39, 0.29) is 21.4 Å². The average Bonchev–Trinajstić information content (AvgIpc) is 2.69. The molecule has 1 amide bonds. The van der Waals surface area contributed by atoms with Crippen LogP contribution in [0, 0.1) is 0 Å². The van der Waals surface area contributed by atoms with Gasteiger partial charge >= 0.3 is 5.97 Å². The number of ketones is 1. The lowest BCUT2D eigenvalue weighted by atomic mass is 10.1. The number of ether oxygens (including phenoxy) is 1. The molecule has 30 heavy (non-hydrogen) atoms. The lowest BCUT2D eigenvalue weighted by Crippen LogP contribution is -2.21. The first kappa shape index (κ1) is 23.5. The molecule has 3 N–H and O–H groups in total. The molecular formula is C20H21ClN2O6S. The molecular weight excluding hydrogens is 432 g/mol. The molecule has 2 aromatic carbocycles. The predicted molar refractivity (Wildman–Crippen MR) is 111 cm³/mol. The highest BCUT2D eigenvalue weighted by molar-refractivity contribution is 7.89. The zero-order chi connectivity index (χ0) is 22.3. The van der Waals surface area contributed by atoms with Crippen LogP contribution in [0.25, 0.3) is 0 Å². The Balaban J connectivity index is 1.94. The molecule has 0 bridgehead atoms. The molecule has 0 aromatic heterocycles. The van der Waals surface area contributed by atoms with Gasteiger partial charge < -0.3 is 10.1 Å². The Morgan fingerprint density at radius 3 is 2.37 bits per heavy atom. The number of Topliss-reactive ketones (excluding diaryl/α,β-unsaturated/α-hetero) is 1. The highest BCUT2D eigenvalue weighted by atomic mass is 35.5. The Morgan fingerprint density at radius 2 is 1.77 bits per heavy atom. The summed E-state index contributed by atoms with van der Waals surface area (Å²) in [6.07, 6.45) is 1.51. The van der Waals surface area contributed by atoms with E-state index in [1.54, 1.807) is 24.3 Å². The number of esters is 1. The Kier molecular flexibility index (Phi) is 8.10. The smallest absolute Gasteiger partial charge is 0.340 e. The van der Waals surface area contributed by atoms with Gasteiger partial charge in [0.25, 0.3) is 0 Å². The monoisotopic (exact) mass is 452 g/mol. The number of rotatable bonds is 9. The number of aryl methyl sites for hydroxylation is 1. The fourth-order valence-corrected chi connectivity index (χ4v) is 3.28. The first-order chi connectivity index (χ1) is 14.1. The molecule has 0 saturated carbocycles. The van der Waals surface area contributed by atoms with Crippen LogP contribution in [0.15, 0.2) is 47.4 Å². The van der Waals surface area contributed by atoms with Crippen molar-refractivity contribution >= 4 is 39.3 Å². The number of hydrogen-bond acceptors (Lipinski definition) is 6. The summed E-state index contributed by atoms with van der Waals surface area (Å²) in [5, 5.41) is 7.73. The predicted octanol–water partition coefficient (Wildman–Crippen LogP) is 2.10. The lowest BCUT2D eigenvalue weighted by molar-refractivity contribution is -0.118. The van der Waals surface area contributed by atoms with Crippen LogP contribution in [0.1, 0.15) is 39.6 Å². The van der Waals surface area contributed by atoms with E-state index in [0.29, 0.717) is 12.1 Å². The van der Waals surface area contributed by atoms with Crippen LogP contribution in [0.5, 0.6) is 0 Å². The third-order valence-corrected chi connectivity index (χ3v) is 5.35. The maximum atomic E-state index is 12.3. The third-order valence-electron chi connectivity index (χ3n) is 4.11. The minimum absolute atomic E-state index is 0.0246. The maximum Gasteiger partial charge on any atom is 0.340 e. The largest absolute Gasteiger partial charge is 0.454 e. The average molecular weight is 453 g/mol. The van der Waals surface area contributed by atoms with Gasteiger partial charge in [-0.15, -0.1) is 0 Å².